The molecule has 2 N–H and O–H groups in total. The van der Waals surface area contributed by atoms with Crippen LogP contribution in [0.25, 0.3) is 10.2 Å². The fourth-order valence-electron chi connectivity index (χ4n) is 3.13. The average Bonchev–Trinajstić information content (AvgIpc) is 3.00. The van der Waals surface area contributed by atoms with Crippen molar-refractivity contribution in [2.45, 2.75) is 50.9 Å². The zero-order chi connectivity index (χ0) is 16.8. The van der Waals surface area contributed by atoms with Crippen LogP contribution in [0.5, 0.6) is 0 Å². The van der Waals surface area contributed by atoms with E-state index in [-0.39, 0.29) is 29.4 Å². The standard InChI is InChI=1S/C15H19F3N4S.ClH/c1-8-20-13(22(2)10-4-3-9(19)5-10)12-6-11(7-15(16,17)18)23-14(12)21-8;/h6,9-10H,3-5,7,19H2,1-2H3;1H/t9-,10+;/m0./s1. The molecule has 24 heavy (non-hydrogen) atoms. The third-order valence-corrected chi connectivity index (χ3v) is 5.27. The maximum Gasteiger partial charge on any atom is 0.393 e. The number of aryl methyl sites for hydroxylation is 1. The third kappa shape index (κ3) is 4.10. The fourth-order valence-corrected chi connectivity index (χ4v) is 4.23. The Balaban J connectivity index is 0.00000208. The van der Waals surface area contributed by atoms with Crippen molar-refractivity contribution in [3.63, 3.8) is 0 Å². The van der Waals surface area contributed by atoms with E-state index in [1.54, 1.807) is 13.0 Å². The number of nitrogens with zero attached hydrogens (tertiary/aromatic N) is 3. The van der Waals surface area contributed by atoms with E-state index in [9.17, 15) is 13.2 Å². The molecule has 1 aliphatic carbocycles. The maximum atomic E-state index is 12.6. The molecule has 3 rings (SSSR count). The van der Waals surface area contributed by atoms with E-state index in [1.165, 1.54) is 0 Å². The Kier molecular flexibility index (Phi) is 5.61. The van der Waals surface area contributed by atoms with Crippen molar-refractivity contribution in [2.24, 2.45) is 5.73 Å². The van der Waals surface area contributed by atoms with Gasteiger partial charge in [-0.1, -0.05) is 0 Å². The first-order valence-corrected chi connectivity index (χ1v) is 8.37. The Morgan fingerprint density at radius 2 is 2.04 bits per heavy atom. The van der Waals surface area contributed by atoms with Crippen LogP contribution in [0.2, 0.25) is 0 Å². The number of anilines is 1. The molecular formula is C15H20ClF3N4S. The predicted octanol–water partition coefficient (Wildman–Crippen LogP) is 3.84. The monoisotopic (exact) mass is 380 g/mol. The Bertz CT molecular complexity index is 719. The van der Waals surface area contributed by atoms with Crippen molar-refractivity contribution in [2.75, 3.05) is 11.9 Å². The van der Waals surface area contributed by atoms with E-state index >= 15 is 0 Å². The third-order valence-electron chi connectivity index (χ3n) is 4.24. The van der Waals surface area contributed by atoms with Crippen LogP contribution in [0.15, 0.2) is 6.07 Å². The molecule has 4 nitrogen and oxygen atoms in total. The van der Waals surface area contributed by atoms with Crippen molar-refractivity contribution in [3.05, 3.63) is 16.8 Å². The SMILES string of the molecule is Cc1nc(N(C)[C@@H]2CC[C@H](N)C2)c2cc(CC(F)(F)F)sc2n1.Cl. The molecule has 0 aliphatic heterocycles. The summed E-state index contributed by atoms with van der Waals surface area (Å²) < 4.78 is 37.9. The smallest absolute Gasteiger partial charge is 0.356 e. The topological polar surface area (TPSA) is 55.0 Å². The van der Waals surface area contributed by atoms with Gasteiger partial charge in [-0.05, 0) is 32.3 Å². The summed E-state index contributed by atoms with van der Waals surface area (Å²) in [7, 11) is 1.94. The number of aromatic nitrogens is 2. The molecule has 134 valence electrons. The van der Waals surface area contributed by atoms with Crippen molar-refractivity contribution < 1.29 is 13.2 Å². The lowest BCUT2D eigenvalue weighted by Crippen LogP contribution is -2.31. The van der Waals surface area contributed by atoms with Gasteiger partial charge >= 0.3 is 6.18 Å². The van der Waals surface area contributed by atoms with E-state index in [2.05, 4.69) is 9.97 Å². The number of alkyl halides is 3. The first-order chi connectivity index (χ1) is 10.7. The Hall–Kier alpha value is -1.12. The molecule has 0 radical (unpaired) electrons. The molecule has 2 aromatic rings. The molecule has 1 saturated carbocycles. The zero-order valence-corrected chi connectivity index (χ0v) is 15.1. The fraction of sp³-hybridized carbons (Fsp3) is 0.600. The molecule has 9 heteroatoms. The summed E-state index contributed by atoms with van der Waals surface area (Å²) in [5, 5.41) is 0.697. The zero-order valence-electron chi connectivity index (χ0n) is 13.4. The van der Waals surface area contributed by atoms with Crippen molar-refractivity contribution in [1.82, 2.24) is 9.97 Å². The van der Waals surface area contributed by atoms with Crippen LogP contribution < -0.4 is 10.6 Å². The van der Waals surface area contributed by atoms with Crippen LogP contribution in [-0.2, 0) is 6.42 Å². The van der Waals surface area contributed by atoms with E-state index in [0.717, 1.165) is 30.6 Å². The molecule has 0 saturated heterocycles. The maximum absolute atomic E-state index is 12.6. The number of fused-ring (bicyclic) bond motifs is 1. The van der Waals surface area contributed by atoms with Gasteiger partial charge in [0, 0.05) is 24.0 Å². The van der Waals surface area contributed by atoms with E-state index in [1.807, 2.05) is 11.9 Å². The van der Waals surface area contributed by atoms with Gasteiger partial charge < -0.3 is 10.6 Å². The summed E-state index contributed by atoms with van der Waals surface area (Å²) in [6.07, 6.45) is -2.33. The molecule has 0 bridgehead atoms. The first kappa shape index (κ1) is 19.2. The summed E-state index contributed by atoms with van der Waals surface area (Å²) in [6, 6.07) is 2.03. The number of halogens is 4. The average molecular weight is 381 g/mol. The van der Waals surface area contributed by atoms with Gasteiger partial charge in [-0.25, -0.2) is 9.97 Å². The highest BCUT2D eigenvalue weighted by atomic mass is 35.5. The Labute approximate surface area is 148 Å². The minimum atomic E-state index is -4.21. The second-order valence-electron chi connectivity index (χ2n) is 6.16. The molecule has 2 aromatic heterocycles. The first-order valence-electron chi connectivity index (χ1n) is 7.55. The summed E-state index contributed by atoms with van der Waals surface area (Å²) in [5.74, 6) is 1.28. The highest BCUT2D eigenvalue weighted by Gasteiger charge is 2.30. The Morgan fingerprint density at radius 1 is 1.33 bits per heavy atom. The highest BCUT2D eigenvalue weighted by molar-refractivity contribution is 7.18. The number of hydrogen-bond acceptors (Lipinski definition) is 5. The minimum Gasteiger partial charge on any atom is -0.356 e. The highest BCUT2D eigenvalue weighted by Crippen LogP contribution is 2.36. The van der Waals surface area contributed by atoms with Gasteiger partial charge in [-0.2, -0.15) is 13.2 Å². The molecule has 1 aliphatic rings. The molecule has 0 aromatic carbocycles. The van der Waals surface area contributed by atoms with E-state index < -0.39 is 12.6 Å². The Morgan fingerprint density at radius 3 is 2.62 bits per heavy atom. The van der Waals surface area contributed by atoms with Gasteiger partial charge in [0.15, 0.2) is 0 Å². The van der Waals surface area contributed by atoms with Gasteiger partial charge in [-0.3, -0.25) is 0 Å². The lowest BCUT2D eigenvalue weighted by molar-refractivity contribution is -0.126. The van der Waals surface area contributed by atoms with Gasteiger partial charge in [0.05, 0.1) is 11.8 Å². The van der Waals surface area contributed by atoms with Crippen LogP contribution >= 0.6 is 23.7 Å². The van der Waals surface area contributed by atoms with Crippen LogP contribution in [0.4, 0.5) is 19.0 Å². The predicted molar refractivity (Wildman–Crippen MR) is 93.2 cm³/mol. The normalized spacial score (nSPS) is 21.1. The molecule has 1 fully saturated rings. The molecule has 2 atom stereocenters. The lowest BCUT2D eigenvalue weighted by atomic mass is 10.2. The van der Waals surface area contributed by atoms with Crippen molar-refractivity contribution >= 4 is 39.8 Å². The molecule has 0 spiro atoms. The van der Waals surface area contributed by atoms with Crippen LogP contribution in [0.1, 0.15) is 30.0 Å². The van der Waals surface area contributed by atoms with Gasteiger partial charge in [0.2, 0.25) is 0 Å². The second-order valence-corrected chi connectivity index (χ2v) is 7.27. The molecule has 0 unspecified atom stereocenters. The summed E-state index contributed by atoms with van der Waals surface area (Å²) in [6.45, 7) is 1.76. The van der Waals surface area contributed by atoms with Crippen molar-refractivity contribution in [1.29, 1.82) is 0 Å². The molecular weight excluding hydrogens is 361 g/mol. The summed E-state index contributed by atoms with van der Waals surface area (Å²) >= 11 is 1.09. The van der Waals surface area contributed by atoms with Crippen LogP contribution in [0.3, 0.4) is 0 Å². The van der Waals surface area contributed by atoms with Crippen LogP contribution in [-0.4, -0.2) is 35.3 Å². The van der Waals surface area contributed by atoms with Crippen molar-refractivity contribution in [3.8, 4) is 0 Å². The molecule has 2 heterocycles. The summed E-state index contributed by atoms with van der Waals surface area (Å²) in [4.78, 5) is 11.7. The largest absolute Gasteiger partial charge is 0.393 e. The molecule has 0 amide bonds. The number of rotatable bonds is 3. The summed E-state index contributed by atoms with van der Waals surface area (Å²) in [5.41, 5.74) is 5.97. The minimum absolute atomic E-state index is 0. The van der Waals surface area contributed by atoms with E-state index in [4.69, 9.17) is 5.73 Å². The number of nitrogens with two attached hydrogens (primary N) is 1. The van der Waals surface area contributed by atoms with Gasteiger partial charge in [0.1, 0.15) is 16.5 Å². The lowest BCUT2D eigenvalue weighted by Gasteiger charge is -2.26. The van der Waals surface area contributed by atoms with Crippen LogP contribution in [0, 0.1) is 6.92 Å². The number of hydrogen-bond donors (Lipinski definition) is 1. The van der Waals surface area contributed by atoms with Gasteiger partial charge in [-0.15, -0.1) is 23.7 Å². The van der Waals surface area contributed by atoms with Gasteiger partial charge in [0.25, 0.3) is 0 Å². The second kappa shape index (κ2) is 7.01. The quantitative estimate of drug-likeness (QED) is 0.878. The number of thiophene rings is 1. The van der Waals surface area contributed by atoms with E-state index in [0.29, 0.717) is 21.9 Å².